The van der Waals surface area contributed by atoms with Crippen LogP contribution in [0.5, 0.6) is 0 Å². The second kappa shape index (κ2) is 8.11. The van der Waals surface area contributed by atoms with E-state index in [4.69, 9.17) is 10.2 Å². The molecule has 0 saturated heterocycles. The standard InChI is InChI=1S/C22H19N9O2/c1-12(21-24-7-3-8-25-21)27-22(32)19-20(23)29-18(15-6-9-31(2)30-15)17(28-19)13-4-5-14-16(10-13)33-11-26-14/h3-12H,1-2H3,(H2,23,29)(H,27,32). The fourth-order valence-corrected chi connectivity index (χ4v) is 3.40. The van der Waals surface area contributed by atoms with E-state index in [1.807, 2.05) is 12.1 Å². The summed E-state index contributed by atoms with van der Waals surface area (Å²) in [5.41, 5.74) is 9.59. The molecule has 33 heavy (non-hydrogen) atoms. The van der Waals surface area contributed by atoms with E-state index in [0.29, 0.717) is 39.6 Å². The van der Waals surface area contributed by atoms with Gasteiger partial charge in [-0.15, -0.1) is 0 Å². The Morgan fingerprint density at radius 2 is 1.94 bits per heavy atom. The summed E-state index contributed by atoms with van der Waals surface area (Å²) in [6.07, 6.45) is 6.38. The highest BCUT2D eigenvalue weighted by atomic mass is 16.3. The lowest BCUT2D eigenvalue weighted by Crippen LogP contribution is -2.29. The number of oxazole rings is 1. The number of fused-ring (bicyclic) bond motifs is 1. The molecule has 4 aromatic heterocycles. The van der Waals surface area contributed by atoms with Crippen LogP contribution in [-0.4, -0.2) is 40.6 Å². The molecule has 1 aromatic carbocycles. The summed E-state index contributed by atoms with van der Waals surface area (Å²) < 4.78 is 7.09. The highest BCUT2D eigenvalue weighted by Gasteiger charge is 2.23. The van der Waals surface area contributed by atoms with E-state index < -0.39 is 11.9 Å². The smallest absolute Gasteiger partial charge is 0.274 e. The van der Waals surface area contributed by atoms with Crippen LogP contribution in [0.3, 0.4) is 0 Å². The lowest BCUT2D eigenvalue weighted by atomic mass is 10.1. The second-order valence-electron chi connectivity index (χ2n) is 7.37. The van der Waals surface area contributed by atoms with Crippen molar-refractivity contribution >= 4 is 22.8 Å². The fourth-order valence-electron chi connectivity index (χ4n) is 3.40. The molecule has 1 atom stereocenters. The minimum absolute atomic E-state index is 0.00914. The van der Waals surface area contributed by atoms with Gasteiger partial charge in [0, 0.05) is 31.2 Å². The van der Waals surface area contributed by atoms with Crippen molar-refractivity contribution in [1.29, 1.82) is 0 Å². The SMILES string of the molecule is CC(NC(=O)c1nc(-c2ccc3ncoc3c2)c(-c2ccn(C)n2)nc1N)c1ncccn1. The number of nitrogens with one attached hydrogen (secondary N) is 1. The summed E-state index contributed by atoms with van der Waals surface area (Å²) in [4.78, 5) is 34.7. The molecule has 1 amide bonds. The molecule has 0 saturated carbocycles. The Balaban J connectivity index is 1.59. The van der Waals surface area contributed by atoms with E-state index in [1.54, 1.807) is 55.4 Å². The Bertz CT molecular complexity index is 1460. The average Bonchev–Trinajstić information content (AvgIpc) is 3.47. The monoisotopic (exact) mass is 441 g/mol. The number of hydrogen-bond donors (Lipinski definition) is 2. The van der Waals surface area contributed by atoms with Crippen LogP contribution < -0.4 is 11.1 Å². The predicted octanol–water partition coefficient (Wildman–Crippen LogP) is 2.55. The van der Waals surface area contributed by atoms with E-state index in [-0.39, 0.29) is 11.5 Å². The number of amides is 1. The van der Waals surface area contributed by atoms with E-state index >= 15 is 0 Å². The number of anilines is 1. The molecule has 0 spiro atoms. The molecular formula is C22H19N9O2. The third kappa shape index (κ3) is 3.87. The van der Waals surface area contributed by atoms with Gasteiger partial charge in [0.1, 0.15) is 22.7 Å². The first-order chi connectivity index (χ1) is 16.0. The number of benzene rings is 1. The second-order valence-corrected chi connectivity index (χ2v) is 7.37. The molecule has 3 N–H and O–H groups in total. The molecule has 0 radical (unpaired) electrons. The van der Waals surface area contributed by atoms with E-state index in [0.717, 1.165) is 0 Å². The zero-order valence-corrected chi connectivity index (χ0v) is 17.8. The van der Waals surface area contributed by atoms with E-state index in [2.05, 4.69) is 35.3 Å². The van der Waals surface area contributed by atoms with Crippen LogP contribution in [0.4, 0.5) is 5.82 Å². The van der Waals surface area contributed by atoms with Gasteiger partial charge in [-0.1, -0.05) is 6.07 Å². The minimum atomic E-state index is -0.491. The lowest BCUT2D eigenvalue weighted by Gasteiger charge is -2.15. The van der Waals surface area contributed by atoms with Crippen molar-refractivity contribution in [2.24, 2.45) is 7.05 Å². The zero-order valence-electron chi connectivity index (χ0n) is 17.8. The van der Waals surface area contributed by atoms with Crippen LogP contribution in [0.1, 0.15) is 29.3 Å². The number of carbonyl (C=O) groups excluding carboxylic acids is 1. The van der Waals surface area contributed by atoms with Crippen LogP contribution in [0.2, 0.25) is 0 Å². The molecule has 5 rings (SSSR count). The number of nitrogen functional groups attached to an aromatic ring is 1. The normalized spacial score (nSPS) is 12.1. The maximum Gasteiger partial charge on any atom is 0.274 e. The van der Waals surface area contributed by atoms with Crippen molar-refractivity contribution in [2.45, 2.75) is 13.0 Å². The topological polar surface area (TPSA) is 151 Å². The van der Waals surface area contributed by atoms with Crippen molar-refractivity contribution in [3.8, 4) is 22.6 Å². The quantitative estimate of drug-likeness (QED) is 0.419. The molecule has 5 aromatic rings. The summed E-state index contributed by atoms with van der Waals surface area (Å²) in [5, 5.41) is 7.25. The average molecular weight is 441 g/mol. The van der Waals surface area contributed by atoms with Crippen molar-refractivity contribution in [3.63, 3.8) is 0 Å². The predicted molar refractivity (Wildman–Crippen MR) is 120 cm³/mol. The van der Waals surface area contributed by atoms with E-state index in [1.165, 1.54) is 6.39 Å². The van der Waals surface area contributed by atoms with Gasteiger partial charge in [-0.3, -0.25) is 9.48 Å². The maximum atomic E-state index is 13.1. The molecule has 11 nitrogen and oxygen atoms in total. The minimum Gasteiger partial charge on any atom is -0.443 e. The largest absolute Gasteiger partial charge is 0.443 e. The number of hydrogen-bond acceptors (Lipinski definition) is 9. The van der Waals surface area contributed by atoms with Crippen molar-refractivity contribution in [2.75, 3.05) is 5.73 Å². The Kier molecular flexibility index (Phi) is 4.98. The first-order valence-electron chi connectivity index (χ1n) is 10.1. The number of carbonyl (C=O) groups is 1. The van der Waals surface area contributed by atoms with Crippen LogP contribution >= 0.6 is 0 Å². The highest BCUT2D eigenvalue weighted by molar-refractivity contribution is 5.98. The Labute approximate surface area is 187 Å². The molecule has 11 heteroatoms. The summed E-state index contributed by atoms with van der Waals surface area (Å²) in [7, 11) is 1.80. The number of rotatable bonds is 5. The molecule has 0 aliphatic heterocycles. The van der Waals surface area contributed by atoms with Gasteiger partial charge in [0.25, 0.3) is 5.91 Å². The summed E-state index contributed by atoms with van der Waals surface area (Å²) in [6.45, 7) is 1.78. The van der Waals surface area contributed by atoms with Crippen LogP contribution in [0.15, 0.2) is 59.7 Å². The third-order valence-corrected chi connectivity index (χ3v) is 5.02. The van der Waals surface area contributed by atoms with Gasteiger partial charge in [-0.2, -0.15) is 5.10 Å². The highest BCUT2D eigenvalue weighted by Crippen LogP contribution is 2.31. The van der Waals surface area contributed by atoms with E-state index in [9.17, 15) is 4.79 Å². The van der Waals surface area contributed by atoms with Gasteiger partial charge >= 0.3 is 0 Å². The molecule has 0 aliphatic carbocycles. The summed E-state index contributed by atoms with van der Waals surface area (Å²) in [6, 6.07) is 8.48. The van der Waals surface area contributed by atoms with Crippen LogP contribution in [0, 0.1) is 0 Å². The molecular weight excluding hydrogens is 422 g/mol. The van der Waals surface area contributed by atoms with Crippen molar-refractivity contribution < 1.29 is 9.21 Å². The first-order valence-corrected chi connectivity index (χ1v) is 10.1. The first kappa shape index (κ1) is 20.2. The molecule has 164 valence electrons. The number of aryl methyl sites for hydroxylation is 1. The molecule has 4 heterocycles. The maximum absolute atomic E-state index is 13.1. The molecule has 1 unspecified atom stereocenters. The fraction of sp³-hybridized carbons (Fsp3) is 0.136. The number of aromatic nitrogens is 7. The Hall–Kier alpha value is -4.67. The summed E-state index contributed by atoms with van der Waals surface area (Å²) in [5.74, 6) is -0.0353. The third-order valence-electron chi connectivity index (χ3n) is 5.02. The van der Waals surface area contributed by atoms with Gasteiger partial charge in [-0.05, 0) is 31.2 Å². The lowest BCUT2D eigenvalue weighted by molar-refractivity contribution is 0.0934. The van der Waals surface area contributed by atoms with Crippen molar-refractivity contribution in [1.82, 2.24) is 40.0 Å². The molecule has 0 aliphatic rings. The summed E-state index contributed by atoms with van der Waals surface area (Å²) >= 11 is 0. The number of nitrogens with zero attached hydrogens (tertiary/aromatic N) is 7. The van der Waals surface area contributed by atoms with Gasteiger partial charge in [0.2, 0.25) is 0 Å². The Morgan fingerprint density at radius 1 is 1.12 bits per heavy atom. The molecule has 0 fully saturated rings. The number of nitrogens with two attached hydrogens (primary N) is 1. The van der Waals surface area contributed by atoms with Gasteiger partial charge in [0.15, 0.2) is 23.5 Å². The molecule has 0 bridgehead atoms. The van der Waals surface area contributed by atoms with Gasteiger partial charge in [0.05, 0.1) is 11.7 Å². The van der Waals surface area contributed by atoms with Crippen LogP contribution in [-0.2, 0) is 7.05 Å². The van der Waals surface area contributed by atoms with Gasteiger partial charge in [-0.25, -0.2) is 24.9 Å². The van der Waals surface area contributed by atoms with Crippen LogP contribution in [0.25, 0.3) is 33.7 Å². The van der Waals surface area contributed by atoms with Crippen molar-refractivity contribution in [3.05, 3.63) is 66.8 Å². The van der Waals surface area contributed by atoms with Gasteiger partial charge < -0.3 is 15.5 Å². The Morgan fingerprint density at radius 3 is 2.70 bits per heavy atom. The zero-order chi connectivity index (χ0) is 22.9.